The monoisotopic (exact) mass is 324 g/mol. The summed E-state index contributed by atoms with van der Waals surface area (Å²) in [6.45, 7) is 3.29. The van der Waals surface area contributed by atoms with Crippen molar-refractivity contribution in [2.45, 2.75) is 31.8 Å². The molecule has 2 aromatic heterocycles. The zero-order valence-electron chi connectivity index (χ0n) is 13.4. The second kappa shape index (κ2) is 5.71. The van der Waals surface area contributed by atoms with Crippen LogP contribution in [0.1, 0.15) is 24.7 Å². The fraction of sp³-hybridized carbons (Fsp3) is 0.412. The molecule has 3 aliphatic heterocycles. The molecule has 0 radical (unpaired) electrons. The van der Waals surface area contributed by atoms with Crippen LogP contribution in [0.3, 0.4) is 0 Å². The summed E-state index contributed by atoms with van der Waals surface area (Å²) in [7, 11) is 0. The summed E-state index contributed by atoms with van der Waals surface area (Å²) in [5.41, 5.74) is 0.878. The molecule has 7 heteroatoms. The van der Waals surface area contributed by atoms with Crippen LogP contribution in [0.4, 0.5) is 16.0 Å². The zero-order valence-corrected chi connectivity index (χ0v) is 13.4. The predicted molar refractivity (Wildman–Crippen MR) is 87.2 cm³/mol. The highest BCUT2D eigenvalue weighted by molar-refractivity contribution is 5.53. The Labute approximate surface area is 139 Å². The van der Waals surface area contributed by atoms with Gasteiger partial charge in [-0.05, 0) is 25.0 Å². The van der Waals surface area contributed by atoms with E-state index in [4.69, 9.17) is 5.26 Å². The maximum Gasteiger partial charge on any atom is 0.187 e. The van der Waals surface area contributed by atoms with E-state index >= 15 is 0 Å². The normalized spacial score (nSPS) is 22.0. The molecule has 0 aliphatic carbocycles. The first kappa shape index (κ1) is 14.8. The SMILES string of the molecule is CCc1ncnc(N2CC3CC(C2)N3c2cccc(C#N)n2)c1F. The summed E-state index contributed by atoms with van der Waals surface area (Å²) < 4.78 is 14.5. The van der Waals surface area contributed by atoms with Gasteiger partial charge in [0.2, 0.25) is 0 Å². The van der Waals surface area contributed by atoms with Crippen molar-refractivity contribution >= 4 is 11.6 Å². The fourth-order valence-corrected chi connectivity index (χ4v) is 3.65. The van der Waals surface area contributed by atoms with Crippen molar-refractivity contribution in [2.75, 3.05) is 22.9 Å². The largest absolute Gasteiger partial charge is 0.350 e. The molecule has 2 unspecified atom stereocenters. The smallest absolute Gasteiger partial charge is 0.187 e. The number of aromatic nitrogens is 3. The van der Waals surface area contributed by atoms with Crippen LogP contribution >= 0.6 is 0 Å². The highest BCUT2D eigenvalue weighted by Gasteiger charge is 2.46. The topological polar surface area (TPSA) is 68.9 Å². The molecule has 2 atom stereocenters. The van der Waals surface area contributed by atoms with E-state index in [2.05, 4.69) is 25.9 Å². The third kappa shape index (κ3) is 2.26. The van der Waals surface area contributed by atoms with Gasteiger partial charge >= 0.3 is 0 Å². The lowest BCUT2D eigenvalue weighted by molar-refractivity contribution is 0.286. The quantitative estimate of drug-likeness (QED) is 0.859. The number of hydrogen-bond acceptors (Lipinski definition) is 6. The number of halogens is 1. The maximum absolute atomic E-state index is 14.5. The van der Waals surface area contributed by atoms with Gasteiger partial charge in [0.1, 0.15) is 23.9 Å². The molecule has 5 rings (SSSR count). The number of rotatable bonds is 3. The van der Waals surface area contributed by atoms with Crippen molar-refractivity contribution in [3.05, 3.63) is 41.7 Å². The van der Waals surface area contributed by atoms with Gasteiger partial charge in [0.05, 0.1) is 17.8 Å². The Kier molecular flexibility index (Phi) is 3.53. The number of piperazine rings is 1. The highest BCUT2D eigenvalue weighted by atomic mass is 19.1. The van der Waals surface area contributed by atoms with Crippen molar-refractivity contribution in [2.24, 2.45) is 0 Å². The molecule has 0 saturated carbocycles. The predicted octanol–water partition coefficient (Wildman–Crippen LogP) is 1.91. The van der Waals surface area contributed by atoms with Crippen LogP contribution in [0.2, 0.25) is 0 Å². The van der Waals surface area contributed by atoms with Crippen LogP contribution in [0.15, 0.2) is 24.5 Å². The number of fused-ring (bicyclic) bond motifs is 2. The third-order valence-corrected chi connectivity index (χ3v) is 4.78. The van der Waals surface area contributed by atoms with Gasteiger partial charge in [0, 0.05) is 13.1 Å². The Balaban J connectivity index is 1.56. The van der Waals surface area contributed by atoms with Gasteiger partial charge in [-0.25, -0.2) is 19.3 Å². The maximum atomic E-state index is 14.5. The minimum absolute atomic E-state index is 0.268. The molecule has 0 spiro atoms. The minimum Gasteiger partial charge on any atom is -0.350 e. The van der Waals surface area contributed by atoms with E-state index in [0.717, 1.165) is 12.2 Å². The van der Waals surface area contributed by atoms with Crippen LogP contribution in [0.5, 0.6) is 0 Å². The Hall–Kier alpha value is -2.75. The average Bonchev–Trinajstić information content (AvgIpc) is 2.62. The standard InChI is InChI=1S/C17H17FN6/c1-2-14-16(18)17(21-10-20-14)23-8-12-6-13(9-23)24(12)15-5-3-4-11(7-19)22-15/h3-5,10,12-13H,2,6,8-9H2,1H3. The van der Waals surface area contributed by atoms with Crippen LogP contribution in [0, 0.1) is 17.1 Å². The first-order valence-corrected chi connectivity index (χ1v) is 8.11. The molecule has 0 aromatic carbocycles. The van der Waals surface area contributed by atoms with Gasteiger partial charge in [-0.15, -0.1) is 0 Å². The highest BCUT2D eigenvalue weighted by Crippen LogP contribution is 2.37. The van der Waals surface area contributed by atoms with Gasteiger partial charge in [-0.2, -0.15) is 5.26 Å². The van der Waals surface area contributed by atoms with Gasteiger partial charge in [-0.1, -0.05) is 13.0 Å². The molecule has 3 saturated heterocycles. The number of pyridine rings is 1. The lowest BCUT2D eigenvalue weighted by Crippen LogP contribution is -2.69. The van der Waals surface area contributed by atoms with Crippen molar-refractivity contribution < 1.29 is 4.39 Å². The molecule has 6 nitrogen and oxygen atoms in total. The van der Waals surface area contributed by atoms with Crippen molar-refractivity contribution in [3.8, 4) is 6.07 Å². The lowest BCUT2D eigenvalue weighted by atomic mass is 9.87. The van der Waals surface area contributed by atoms with Gasteiger partial charge in [0.15, 0.2) is 11.6 Å². The molecule has 3 fully saturated rings. The third-order valence-electron chi connectivity index (χ3n) is 4.78. The molecule has 24 heavy (non-hydrogen) atoms. The lowest BCUT2D eigenvalue weighted by Gasteiger charge is -2.57. The summed E-state index contributed by atoms with van der Waals surface area (Å²) in [6, 6.07) is 8.09. The van der Waals surface area contributed by atoms with E-state index < -0.39 is 0 Å². The first-order chi connectivity index (χ1) is 11.7. The van der Waals surface area contributed by atoms with Gasteiger partial charge in [0.25, 0.3) is 0 Å². The Morgan fingerprint density at radius 1 is 1.29 bits per heavy atom. The summed E-state index contributed by atoms with van der Waals surface area (Å²) in [5.74, 6) is 0.916. The van der Waals surface area contributed by atoms with E-state index in [1.807, 2.05) is 24.0 Å². The van der Waals surface area contributed by atoms with E-state index in [9.17, 15) is 4.39 Å². The molecular formula is C17H17FN6. The number of hydrogen-bond donors (Lipinski definition) is 0. The minimum atomic E-state index is -0.308. The Morgan fingerprint density at radius 3 is 2.79 bits per heavy atom. The van der Waals surface area contributed by atoms with Gasteiger partial charge < -0.3 is 9.80 Å². The molecule has 0 N–H and O–H groups in total. The summed E-state index contributed by atoms with van der Waals surface area (Å²) in [6.07, 6.45) is 3.05. The van der Waals surface area contributed by atoms with E-state index in [1.54, 1.807) is 6.07 Å². The van der Waals surface area contributed by atoms with Crippen LogP contribution in [-0.2, 0) is 6.42 Å². The van der Waals surface area contributed by atoms with Gasteiger partial charge in [-0.3, -0.25) is 0 Å². The van der Waals surface area contributed by atoms with E-state index in [0.29, 0.717) is 36.7 Å². The molecule has 0 amide bonds. The molecular weight excluding hydrogens is 307 g/mol. The van der Waals surface area contributed by atoms with Crippen molar-refractivity contribution in [1.82, 2.24) is 15.0 Å². The number of nitriles is 1. The van der Waals surface area contributed by atoms with E-state index in [-0.39, 0.29) is 17.9 Å². The number of anilines is 2. The fourth-order valence-electron chi connectivity index (χ4n) is 3.65. The summed E-state index contributed by atoms with van der Waals surface area (Å²) in [4.78, 5) is 16.8. The Morgan fingerprint density at radius 2 is 2.08 bits per heavy atom. The molecule has 3 aliphatic rings. The van der Waals surface area contributed by atoms with Crippen LogP contribution in [-0.4, -0.2) is 40.1 Å². The van der Waals surface area contributed by atoms with Crippen LogP contribution in [0.25, 0.3) is 0 Å². The molecule has 5 heterocycles. The van der Waals surface area contributed by atoms with Crippen molar-refractivity contribution in [3.63, 3.8) is 0 Å². The molecule has 2 aromatic rings. The second-order valence-corrected chi connectivity index (χ2v) is 6.16. The summed E-state index contributed by atoms with van der Waals surface area (Å²) in [5, 5.41) is 9.01. The van der Waals surface area contributed by atoms with E-state index in [1.165, 1.54) is 6.33 Å². The Bertz CT molecular complexity index is 805. The van der Waals surface area contributed by atoms with Crippen molar-refractivity contribution in [1.29, 1.82) is 5.26 Å². The van der Waals surface area contributed by atoms with Crippen LogP contribution < -0.4 is 9.80 Å². The average molecular weight is 324 g/mol. The zero-order chi connectivity index (χ0) is 16.7. The number of piperidine rings is 1. The summed E-state index contributed by atoms with van der Waals surface area (Å²) >= 11 is 0. The number of aryl methyl sites for hydroxylation is 1. The second-order valence-electron chi connectivity index (χ2n) is 6.16. The number of nitrogens with zero attached hydrogens (tertiary/aromatic N) is 6. The molecule has 122 valence electrons. The molecule has 2 bridgehead atoms. The first-order valence-electron chi connectivity index (χ1n) is 8.11.